The number of benzene rings is 2. The van der Waals surface area contributed by atoms with Gasteiger partial charge in [-0.2, -0.15) is 8.42 Å². The number of para-hydroxylation sites is 1. The van der Waals surface area contributed by atoms with Gasteiger partial charge < -0.3 is 14.8 Å². The molecule has 3 rings (SSSR count). The van der Waals surface area contributed by atoms with Crippen LogP contribution in [0.25, 0.3) is 0 Å². The third kappa shape index (κ3) is 4.23. The summed E-state index contributed by atoms with van der Waals surface area (Å²) in [6, 6.07) is 12.5. The molecule has 0 amide bonds. The summed E-state index contributed by atoms with van der Waals surface area (Å²) >= 11 is 0. The van der Waals surface area contributed by atoms with Gasteiger partial charge in [-0.3, -0.25) is 4.90 Å². The predicted molar refractivity (Wildman–Crippen MR) is 105 cm³/mol. The van der Waals surface area contributed by atoms with Crippen LogP contribution in [0.2, 0.25) is 0 Å². The molecule has 0 radical (unpaired) electrons. The Morgan fingerprint density at radius 2 is 1.78 bits per heavy atom. The Hall–Kier alpha value is -2.58. The summed E-state index contributed by atoms with van der Waals surface area (Å²) in [5, 5.41) is 3.13. The second-order valence-electron chi connectivity index (χ2n) is 6.13. The Kier molecular flexibility index (Phi) is 5.67. The number of amidine groups is 1. The summed E-state index contributed by atoms with van der Waals surface area (Å²) < 4.78 is 39.3. The number of hydrogen-bond acceptors (Lipinski definition) is 6. The lowest BCUT2D eigenvalue weighted by Crippen LogP contribution is -2.35. The third-order valence-electron chi connectivity index (χ3n) is 4.35. The van der Waals surface area contributed by atoms with Crippen LogP contribution >= 0.6 is 0 Å². The molecule has 2 aromatic carbocycles. The number of ether oxygens (including phenoxy) is 2. The van der Waals surface area contributed by atoms with E-state index in [0.717, 1.165) is 12.1 Å². The zero-order valence-corrected chi connectivity index (χ0v) is 16.4. The summed E-state index contributed by atoms with van der Waals surface area (Å²) in [4.78, 5) is 2.30. The SMILES string of the molecule is CCN(CC1=NS(=O)(=O)c2ccccc2N1)Cc1ccc(OC)c(OC)c1. The summed E-state index contributed by atoms with van der Waals surface area (Å²) in [5.41, 5.74) is 1.60. The van der Waals surface area contributed by atoms with Crippen LogP contribution in [0.4, 0.5) is 5.69 Å². The maximum Gasteiger partial charge on any atom is 0.286 e. The van der Waals surface area contributed by atoms with E-state index in [9.17, 15) is 8.42 Å². The van der Waals surface area contributed by atoms with Gasteiger partial charge in [0, 0.05) is 6.54 Å². The molecular formula is C19H23N3O4S. The summed E-state index contributed by atoms with van der Waals surface area (Å²) in [7, 11) is -0.478. The van der Waals surface area contributed by atoms with E-state index in [-0.39, 0.29) is 4.90 Å². The zero-order chi connectivity index (χ0) is 19.4. The maximum absolute atomic E-state index is 12.4. The molecule has 0 saturated carbocycles. The molecule has 0 spiro atoms. The van der Waals surface area contributed by atoms with Gasteiger partial charge in [0.05, 0.1) is 26.5 Å². The van der Waals surface area contributed by atoms with Gasteiger partial charge >= 0.3 is 0 Å². The Morgan fingerprint density at radius 3 is 2.48 bits per heavy atom. The van der Waals surface area contributed by atoms with Crippen LogP contribution in [0.15, 0.2) is 51.8 Å². The van der Waals surface area contributed by atoms with Gasteiger partial charge in [-0.1, -0.05) is 25.1 Å². The Balaban J connectivity index is 1.77. The van der Waals surface area contributed by atoms with Crippen molar-refractivity contribution in [3.63, 3.8) is 0 Å². The van der Waals surface area contributed by atoms with Gasteiger partial charge in [0.2, 0.25) is 0 Å². The second-order valence-corrected chi connectivity index (χ2v) is 7.70. The largest absolute Gasteiger partial charge is 0.493 e. The molecule has 0 atom stereocenters. The van der Waals surface area contributed by atoms with Crippen LogP contribution in [0.5, 0.6) is 11.5 Å². The fraction of sp³-hybridized carbons (Fsp3) is 0.316. The van der Waals surface area contributed by atoms with Gasteiger partial charge in [-0.15, -0.1) is 4.40 Å². The molecule has 7 nitrogen and oxygen atoms in total. The number of nitrogens with one attached hydrogen (secondary N) is 1. The van der Waals surface area contributed by atoms with Gasteiger partial charge in [0.25, 0.3) is 10.0 Å². The number of likely N-dealkylation sites (N-methyl/N-ethyl adjacent to an activating group) is 1. The molecule has 0 unspecified atom stereocenters. The van der Waals surface area contributed by atoms with Gasteiger partial charge in [0.1, 0.15) is 10.7 Å². The van der Waals surface area contributed by atoms with Gasteiger partial charge in [-0.05, 0) is 36.4 Å². The standard InChI is InChI=1S/C19H23N3O4S/c1-4-22(12-14-9-10-16(25-2)17(11-14)26-3)13-19-20-15-7-5-6-8-18(15)27(23,24)21-19/h5-11H,4,12-13H2,1-3H3,(H,20,21). The van der Waals surface area contributed by atoms with Crippen LogP contribution < -0.4 is 14.8 Å². The number of anilines is 1. The number of methoxy groups -OCH3 is 2. The fourth-order valence-corrected chi connectivity index (χ4v) is 4.10. The van der Waals surface area contributed by atoms with E-state index >= 15 is 0 Å². The van der Waals surface area contributed by atoms with Crippen molar-refractivity contribution in [1.82, 2.24) is 4.90 Å². The average molecular weight is 389 g/mol. The van der Waals surface area contributed by atoms with Crippen LogP contribution in [0.1, 0.15) is 12.5 Å². The summed E-state index contributed by atoms with van der Waals surface area (Å²) in [6.45, 7) is 3.76. The van der Waals surface area contributed by atoms with Crippen molar-refractivity contribution < 1.29 is 17.9 Å². The fourth-order valence-electron chi connectivity index (χ4n) is 2.96. The van der Waals surface area contributed by atoms with Crippen molar-refractivity contribution in [1.29, 1.82) is 0 Å². The van der Waals surface area contributed by atoms with E-state index in [4.69, 9.17) is 9.47 Å². The Bertz CT molecular complexity index is 957. The minimum absolute atomic E-state index is 0.205. The molecule has 1 heterocycles. The first-order chi connectivity index (χ1) is 13.0. The molecule has 0 fully saturated rings. The monoisotopic (exact) mass is 389 g/mol. The first-order valence-electron chi connectivity index (χ1n) is 8.60. The van der Waals surface area contributed by atoms with Crippen molar-refractivity contribution in [2.75, 3.05) is 32.6 Å². The van der Waals surface area contributed by atoms with E-state index < -0.39 is 10.0 Å². The number of fused-ring (bicyclic) bond motifs is 1. The Morgan fingerprint density at radius 1 is 1.04 bits per heavy atom. The normalized spacial score (nSPS) is 14.9. The minimum Gasteiger partial charge on any atom is -0.493 e. The van der Waals surface area contributed by atoms with E-state index in [0.29, 0.717) is 36.1 Å². The first kappa shape index (κ1) is 19.2. The van der Waals surface area contributed by atoms with Gasteiger partial charge in [-0.25, -0.2) is 0 Å². The molecule has 0 aliphatic carbocycles. The second kappa shape index (κ2) is 7.98. The number of hydrogen-bond donors (Lipinski definition) is 1. The molecule has 1 N–H and O–H groups in total. The van der Waals surface area contributed by atoms with E-state index in [1.165, 1.54) is 0 Å². The lowest BCUT2D eigenvalue weighted by molar-refractivity contribution is 0.317. The molecule has 0 aromatic heterocycles. The minimum atomic E-state index is -3.68. The molecule has 0 saturated heterocycles. The highest BCUT2D eigenvalue weighted by molar-refractivity contribution is 7.90. The topological polar surface area (TPSA) is 80.2 Å². The van der Waals surface area contributed by atoms with Crippen molar-refractivity contribution in [2.24, 2.45) is 4.40 Å². The molecule has 1 aliphatic heterocycles. The van der Waals surface area contributed by atoms with Crippen LogP contribution in [-0.2, 0) is 16.6 Å². The van der Waals surface area contributed by atoms with Gasteiger partial charge in [0.15, 0.2) is 11.5 Å². The molecule has 2 aromatic rings. The van der Waals surface area contributed by atoms with Crippen molar-refractivity contribution in [3.8, 4) is 11.5 Å². The van der Waals surface area contributed by atoms with Crippen molar-refractivity contribution in [3.05, 3.63) is 48.0 Å². The van der Waals surface area contributed by atoms with E-state index in [1.54, 1.807) is 38.5 Å². The molecule has 27 heavy (non-hydrogen) atoms. The highest BCUT2D eigenvalue weighted by Crippen LogP contribution is 2.29. The third-order valence-corrected chi connectivity index (χ3v) is 5.72. The van der Waals surface area contributed by atoms with Crippen molar-refractivity contribution in [2.45, 2.75) is 18.4 Å². The molecular weight excluding hydrogens is 366 g/mol. The lowest BCUT2D eigenvalue weighted by Gasteiger charge is -2.25. The molecule has 8 heteroatoms. The van der Waals surface area contributed by atoms with Crippen LogP contribution in [0.3, 0.4) is 0 Å². The quantitative estimate of drug-likeness (QED) is 0.784. The predicted octanol–water partition coefficient (Wildman–Crippen LogP) is 2.74. The zero-order valence-electron chi connectivity index (χ0n) is 15.6. The lowest BCUT2D eigenvalue weighted by atomic mass is 10.2. The molecule has 144 valence electrons. The summed E-state index contributed by atoms with van der Waals surface area (Å²) in [5.74, 6) is 1.75. The summed E-state index contributed by atoms with van der Waals surface area (Å²) in [6.07, 6.45) is 0. The number of nitrogens with zero attached hydrogens (tertiary/aromatic N) is 2. The van der Waals surface area contributed by atoms with E-state index in [2.05, 4.69) is 14.6 Å². The first-order valence-corrected chi connectivity index (χ1v) is 10.0. The Labute approximate surface area is 159 Å². The molecule has 1 aliphatic rings. The van der Waals surface area contributed by atoms with Crippen LogP contribution in [0, 0.1) is 0 Å². The highest BCUT2D eigenvalue weighted by atomic mass is 32.2. The average Bonchev–Trinajstić information content (AvgIpc) is 2.66. The maximum atomic E-state index is 12.4. The van der Waals surface area contributed by atoms with E-state index in [1.807, 2.05) is 25.1 Å². The highest BCUT2D eigenvalue weighted by Gasteiger charge is 2.25. The number of rotatable bonds is 7. The smallest absolute Gasteiger partial charge is 0.286 e. The van der Waals surface area contributed by atoms with Crippen molar-refractivity contribution >= 4 is 21.5 Å². The molecule has 0 bridgehead atoms. The van der Waals surface area contributed by atoms with Crippen LogP contribution in [-0.4, -0.2) is 46.5 Å². The number of sulfonamides is 1.